The van der Waals surface area contributed by atoms with Crippen LogP contribution in [0.1, 0.15) is 22.0 Å². The Labute approximate surface area is 142 Å². The maximum Gasteiger partial charge on any atom is 0.254 e. The fourth-order valence-electron chi connectivity index (χ4n) is 3.07. The van der Waals surface area contributed by atoms with Crippen LogP contribution in [0.4, 0.5) is 0 Å². The smallest absolute Gasteiger partial charge is 0.254 e. The Morgan fingerprint density at radius 3 is 2.54 bits per heavy atom. The Morgan fingerprint density at radius 2 is 1.83 bits per heavy atom. The van der Waals surface area contributed by atoms with Gasteiger partial charge in [-0.15, -0.1) is 0 Å². The highest BCUT2D eigenvalue weighted by molar-refractivity contribution is 5.94. The summed E-state index contributed by atoms with van der Waals surface area (Å²) in [4.78, 5) is 14.9. The molecule has 2 aromatic carbocycles. The third-order valence-electron chi connectivity index (χ3n) is 4.34. The van der Waals surface area contributed by atoms with Crippen LogP contribution in [-0.2, 0) is 0 Å². The molecule has 24 heavy (non-hydrogen) atoms. The SMILES string of the molecule is COc1ccc(C(=O)N2CCNCC2c2ccccc2OC)cc1. The van der Waals surface area contributed by atoms with Crippen LogP contribution in [0.25, 0.3) is 0 Å². The maximum absolute atomic E-state index is 13.0. The number of piperazine rings is 1. The fourth-order valence-corrected chi connectivity index (χ4v) is 3.07. The molecule has 0 spiro atoms. The number of nitrogens with zero attached hydrogens (tertiary/aromatic N) is 1. The van der Waals surface area contributed by atoms with Gasteiger partial charge in [0.25, 0.3) is 5.91 Å². The Bertz CT molecular complexity index is 700. The molecule has 5 nitrogen and oxygen atoms in total. The lowest BCUT2D eigenvalue weighted by Gasteiger charge is -2.37. The average molecular weight is 326 g/mol. The predicted octanol–water partition coefficient (Wildman–Crippen LogP) is 2.49. The molecule has 1 unspecified atom stereocenters. The monoisotopic (exact) mass is 326 g/mol. The van der Waals surface area contributed by atoms with E-state index >= 15 is 0 Å². The van der Waals surface area contributed by atoms with Crippen LogP contribution in [0, 0.1) is 0 Å². The Balaban J connectivity index is 1.90. The molecule has 126 valence electrons. The van der Waals surface area contributed by atoms with Crippen molar-refractivity contribution in [1.82, 2.24) is 10.2 Å². The summed E-state index contributed by atoms with van der Waals surface area (Å²) in [6.07, 6.45) is 0. The molecule has 5 heteroatoms. The largest absolute Gasteiger partial charge is 0.497 e. The van der Waals surface area contributed by atoms with Crippen LogP contribution in [0.5, 0.6) is 11.5 Å². The van der Waals surface area contributed by atoms with E-state index in [1.165, 1.54) is 0 Å². The van der Waals surface area contributed by atoms with E-state index in [9.17, 15) is 4.79 Å². The normalized spacial score (nSPS) is 17.4. The molecule has 1 aliphatic heterocycles. The van der Waals surface area contributed by atoms with Crippen molar-refractivity contribution in [1.29, 1.82) is 0 Å². The molecule has 1 heterocycles. The van der Waals surface area contributed by atoms with E-state index in [1.54, 1.807) is 14.2 Å². The molecule has 1 aliphatic rings. The zero-order valence-electron chi connectivity index (χ0n) is 14.0. The lowest BCUT2D eigenvalue weighted by molar-refractivity contribution is 0.0631. The van der Waals surface area contributed by atoms with Gasteiger partial charge in [-0.3, -0.25) is 4.79 Å². The second kappa shape index (κ2) is 7.36. The van der Waals surface area contributed by atoms with Crippen molar-refractivity contribution >= 4 is 5.91 Å². The summed E-state index contributed by atoms with van der Waals surface area (Å²) >= 11 is 0. The minimum Gasteiger partial charge on any atom is -0.497 e. The molecule has 0 radical (unpaired) electrons. The van der Waals surface area contributed by atoms with Gasteiger partial charge in [-0.1, -0.05) is 18.2 Å². The predicted molar refractivity (Wildman–Crippen MR) is 92.6 cm³/mol. The van der Waals surface area contributed by atoms with Gasteiger partial charge in [-0.25, -0.2) is 0 Å². The van der Waals surface area contributed by atoms with Crippen molar-refractivity contribution in [2.75, 3.05) is 33.9 Å². The first-order valence-electron chi connectivity index (χ1n) is 8.03. The molecule has 1 amide bonds. The molecule has 2 aromatic rings. The van der Waals surface area contributed by atoms with Gasteiger partial charge in [0.15, 0.2) is 0 Å². The molecular formula is C19H22N2O3. The van der Waals surface area contributed by atoms with Crippen LogP contribution in [0.15, 0.2) is 48.5 Å². The molecule has 3 rings (SSSR count). The first-order valence-corrected chi connectivity index (χ1v) is 8.03. The summed E-state index contributed by atoms with van der Waals surface area (Å²) in [5.41, 5.74) is 1.69. The van der Waals surface area contributed by atoms with Gasteiger partial charge >= 0.3 is 0 Å². The molecule has 0 bridgehead atoms. The Hall–Kier alpha value is -2.53. The minimum absolute atomic E-state index is 0.0232. The Morgan fingerprint density at radius 1 is 1.08 bits per heavy atom. The third-order valence-corrected chi connectivity index (χ3v) is 4.34. The number of rotatable bonds is 4. The number of carbonyl (C=O) groups excluding carboxylic acids is 1. The number of benzene rings is 2. The summed E-state index contributed by atoms with van der Waals surface area (Å²) in [7, 11) is 3.27. The van der Waals surface area contributed by atoms with Crippen LogP contribution < -0.4 is 14.8 Å². The zero-order valence-corrected chi connectivity index (χ0v) is 14.0. The first kappa shape index (κ1) is 16.3. The summed E-state index contributed by atoms with van der Waals surface area (Å²) in [5, 5.41) is 3.37. The quantitative estimate of drug-likeness (QED) is 0.938. The topological polar surface area (TPSA) is 50.8 Å². The van der Waals surface area contributed by atoms with Gasteiger partial charge in [0.1, 0.15) is 11.5 Å². The van der Waals surface area contributed by atoms with E-state index in [0.29, 0.717) is 18.7 Å². The summed E-state index contributed by atoms with van der Waals surface area (Å²) < 4.78 is 10.6. The standard InChI is InChI=1S/C19H22N2O3/c1-23-15-9-7-14(8-10-15)19(22)21-12-11-20-13-17(21)16-5-3-4-6-18(16)24-2/h3-10,17,20H,11-13H2,1-2H3. The molecule has 0 aromatic heterocycles. The van der Waals surface area contributed by atoms with Crippen molar-refractivity contribution in [2.45, 2.75) is 6.04 Å². The maximum atomic E-state index is 13.0. The van der Waals surface area contributed by atoms with E-state index in [2.05, 4.69) is 5.32 Å². The average Bonchev–Trinajstić information content (AvgIpc) is 2.67. The van der Waals surface area contributed by atoms with Gasteiger partial charge in [0.2, 0.25) is 0 Å². The molecule has 1 atom stereocenters. The molecular weight excluding hydrogens is 304 g/mol. The summed E-state index contributed by atoms with van der Waals surface area (Å²) in [5.74, 6) is 1.57. The van der Waals surface area contributed by atoms with Gasteiger partial charge in [-0.05, 0) is 30.3 Å². The number of carbonyl (C=O) groups is 1. The second-order valence-electron chi connectivity index (χ2n) is 5.69. The highest BCUT2D eigenvalue weighted by atomic mass is 16.5. The van der Waals surface area contributed by atoms with Gasteiger partial charge < -0.3 is 19.7 Å². The number of hydrogen-bond donors (Lipinski definition) is 1. The van der Waals surface area contributed by atoms with Crippen molar-refractivity contribution in [3.05, 3.63) is 59.7 Å². The van der Waals surface area contributed by atoms with Crippen LogP contribution in [0.2, 0.25) is 0 Å². The van der Waals surface area contributed by atoms with Gasteiger partial charge in [0.05, 0.1) is 20.3 Å². The third kappa shape index (κ3) is 3.21. The highest BCUT2D eigenvalue weighted by Gasteiger charge is 2.30. The van der Waals surface area contributed by atoms with E-state index in [0.717, 1.165) is 23.6 Å². The number of methoxy groups -OCH3 is 2. The minimum atomic E-state index is -0.0514. The van der Waals surface area contributed by atoms with Gasteiger partial charge in [-0.2, -0.15) is 0 Å². The van der Waals surface area contributed by atoms with Crippen molar-refractivity contribution in [2.24, 2.45) is 0 Å². The zero-order chi connectivity index (χ0) is 16.9. The van der Waals surface area contributed by atoms with Crippen LogP contribution in [-0.4, -0.2) is 44.7 Å². The van der Waals surface area contributed by atoms with E-state index in [1.807, 2.05) is 53.4 Å². The number of amides is 1. The lowest BCUT2D eigenvalue weighted by Crippen LogP contribution is -2.48. The first-order chi connectivity index (χ1) is 11.7. The van der Waals surface area contributed by atoms with E-state index in [-0.39, 0.29) is 11.9 Å². The molecule has 1 fully saturated rings. The summed E-state index contributed by atoms with van der Waals surface area (Å²) in [6.45, 7) is 2.16. The number of para-hydroxylation sites is 1. The Kier molecular flexibility index (Phi) is 5.01. The number of ether oxygens (including phenoxy) is 2. The number of nitrogens with one attached hydrogen (secondary N) is 1. The van der Waals surface area contributed by atoms with E-state index in [4.69, 9.17) is 9.47 Å². The lowest BCUT2D eigenvalue weighted by atomic mass is 10.0. The van der Waals surface area contributed by atoms with E-state index < -0.39 is 0 Å². The van der Waals surface area contributed by atoms with Crippen molar-refractivity contribution in [3.8, 4) is 11.5 Å². The van der Waals surface area contributed by atoms with Crippen LogP contribution in [0.3, 0.4) is 0 Å². The van der Waals surface area contributed by atoms with Crippen molar-refractivity contribution < 1.29 is 14.3 Å². The van der Waals surface area contributed by atoms with Gasteiger partial charge in [0, 0.05) is 30.8 Å². The second-order valence-corrected chi connectivity index (χ2v) is 5.69. The highest BCUT2D eigenvalue weighted by Crippen LogP contribution is 2.31. The van der Waals surface area contributed by atoms with Crippen molar-refractivity contribution in [3.63, 3.8) is 0 Å². The summed E-state index contributed by atoms with van der Waals surface area (Å²) in [6, 6.07) is 15.1. The number of hydrogen-bond acceptors (Lipinski definition) is 4. The molecule has 0 saturated carbocycles. The molecule has 1 N–H and O–H groups in total. The van der Waals surface area contributed by atoms with Crippen LogP contribution >= 0.6 is 0 Å². The fraction of sp³-hybridized carbons (Fsp3) is 0.316. The molecule has 1 saturated heterocycles. The molecule has 0 aliphatic carbocycles.